The molecule has 0 aliphatic heterocycles. The monoisotopic (exact) mass is 453 g/mol. The summed E-state index contributed by atoms with van der Waals surface area (Å²) in [6.07, 6.45) is 9.92. The van der Waals surface area contributed by atoms with E-state index in [4.69, 9.17) is 5.11 Å². The van der Waals surface area contributed by atoms with Crippen LogP contribution in [0.2, 0.25) is 0 Å². The standard InChI is InChI=1S/C26H31NO4S/c28-25(29)11-7-2-1-6-10-24-21-12-13-22(18-21)26(24)27-32(30,31)23-16-14-20(15-17-23)19-8-4-3-5-9-19/h1,3-6,8-9,14-17,21-22,24,26-27H,2,7,10-13,18H2,(H,28,29)/b6-1-/t21-,22?,24+,26+/m1/s1. The van der Waals surface area contributed by atoms with Crippen LogP contribution in [0, 0.1) is 17.8 Å². The van der Waals surface area contributed by atoms with Crippen molar-refractivity contribution in [3.8, 4) is 11.1 Å². The van der Waals surface area contributed by atoms with Gasteiger partial charge in [-0.15, -0.1) is 0 Å². The van der Waals surface area contributed by atoms with Gasteiger partial charge >= 0.3 is 5.97 Å². The van der Waals surface area contributed by atoms with Gasteiger partial charge in [0, 0.05) is 12.5 Å². The number of sulfonamides is 1. The molecule has 2 fully saturated rings. The van der Waals surface area contributed by atoms with Gasteiger partial charge in [-0.25, -0.2) is 13.1 Å². The molecule has 0 amide bonds. The van der Waals surface area contributed by atoms with Crippen molar-refractivity contribution < 1.29 is 18.3 Å². The number of unbranched alkanes of at least 4 members (excludes halogenated alkanes) is 1. The summed E-state index contributed by atoms with van der Waals surface area (Å²) < 4.78 is 29.3. The number of carboxylic acids is 1. The maximum atomic E-state index is 13.2. The largest absolute Gasteiger partial charge is 0.481 e. The zero-order valence-electron chi connectivity index (χ0n) is 18.2. The van der Waals surface area contributed by atoms with E-state index in [1.165, 1.54) is 6.42 Å². The lowest BCUT2D eigenvalue weighted by Crippen LogP contribution is -2.43. The van der Waals surface area contributed by atoms with E-state index in [0.717, 1.165) is 36.8 Å². The molecule has 0 radical (unpaired) electrons. The van der Waals surface area contributed by atoms with Crippen LogP contribution >= 0.6 is 0 Å². The van der Waals surface area contributed by atoms with E-state index < -0.39 is 16.0 Å². The lowest BCUT2D eigenvalue weighted by atomic mass is 9.83. The van der Waals surface area contributed by atoms with Crippen LogP contribution < -0.4 is 4.72 Å². The van der Waals surface area contributed by atoms with Crippen molar-refractivity contribution in [2.24, 2.45) is 17.8 Å². The van der Waals surface area contributed by atoms with Gasteiger partial charge in [0.1, 0.15) is 0 Å². The number of hydrogen-bond donors (Lipinski definition) is 2. The van der Waals surface area contributed by atoms with Crippen LogP contribution in [0.5, 0.6) is 0 Å². The van der Waals surface area contributed by atoms with Crippen molar-refractivity contribution in [1.82, 2.24) is 4.72 Å². The Kier molecular flexibility index (Phi) is 7.11. The van der Waals surface area contributed by atoms with E-state index in [-0.39, 0.29) is 12.5 Å². The predicted octanol–water partition coefficient (Wildman–Crippen LogP) is 5.25. The number of carboxylic acid groups (broad SMARTS) is 1. The van der Waals surface area contributed by atoms with Gasteiger partial charge in [-0.1, -0.05) is 54.6 Å². The number of benzene rings is 2. The normalized spacial score (nSPS) is 24.9. The van der Waals surface area contributed by atoms with Crippen molar-refractivity contribution in [2.45, 2.75) is 55.9 Å². The fourth-order valence-corrected chi connectivity index (χ4v) is 6.74. The van der Waals surface area contributed by atoms with Gasteiger partial charge in [0.15, 0.2) is 0 Å². The maximum absolute atomic E-state index is 13.2. The molecular formula is C26H31NO4S. The molecule has 2 aliphatic carbocycles. The van der Waals surface area contributed by atoms with Crippen molar-refractivity contribution in [3.63, 3.8) is 0 Å². The molecule has 32 heavy (non-hydrogen) atoms. The summed E-state index contributed by atoms with van der Waals surface area (Å²) in [6, 6.07) is 17.0. The van der Waals surface area contributed by atoms with Crippen LogP contribution in [0.4, 0.5) is 0 Å². The molecule has 2 bridgehead atoms. The highest BCUT2D eigenvalue weighted by molar-refractivity contribution is 7.89. The average molecular weight is 454 g/mol. The van der Waals surface area contributed by atoms with Gasteiger partial charge < -0.3 is 5.11 Å². The van der Waals surface area contributed by atoms with Crippen LogP contribution in [0.15, 0.2) is 71.6 Å². The Morgan fingerprint density at radius 1 is 0.969 bits per heavy atom. The molecule has 0 heterocycles. The summed E-state index contributed by atoms with van der Waals surface area (Å²) in [7, 11) is -3.59. The van der Waals surface area contributed by atoms with Crippen LogP contribution in [0.1, 0.15) is 44.9 Å². The Hall–Kier alpha value is -2.44. The topological polar surface area (TPSA) is 83.5 Å². The quantitative estimate of drug-likeness (QED) is 0.380. The fourth-order valence-electron chi connectivity index (χ4n) is 5.38. The Morgan fingerprint density at radius 2 is 1.66 bits per heavy atom. The van der Waals surface area contributed by atoms with Gasteiger partial charge in [-0.05, 0) is 79.5 Å². The zero-order chi connectivity index (χ0) is 22.6. The van der Waals surface area contributed by atoms with Crippen LogP contribution in [0.25, 0.3) is 11.1 Å². The number of nitrogens with one attached hydrogen (secondary N) is 1. The number of fused-ring (bicyclic) bond motifs is 2. The number of allylic oxidation sites excluding steroid dienone is 2. The van der Waals surface area contributed by atoms with Gasteiger partial charge in [0.2, 0.25) is 10.0 Å². The molecule has 5 nitrogen and oxygen atoms in total. The SMILES string of the molecule is O=C(O)CCC/C=C\C[C@H]1[C@@H]2CCC(C2)[C@@H]1NS(=O)(=O)c1ccc(-c2ccccc2)cc1. The molecule has 6 heteroatoms. The third-order valence-corrected chi connectivity index (χ3v) is 8.46. The Bertz CT molecular complexity index is 1050. The zero-order valence-corrected chi connectivity index (χ0v) is 19.0. The van der Waals surface area contributed by atoms with Gasteiger partial charge in [0.05, 0.1) is 4.90 Å². The van der Waals surface area contributed by atoms with E-state index >= 15 is 0 Å². The second kappa shape index (κ2) is 10.0. The minimum absolute atomic E-state index is 0.0313. The molecule has 0 saturated heterocycles. The summed E-state index contributed by atoms with van der Waals surface area (Å²) in [5.41, 5.74) is 2.06. The molecular weight excluding hydrogens is 422 g/mol. The summed E-state index contributed by atoms with van der Waals surface area (Å²) >= 11 is 0. The second-order valence-electron chi connectivity index (χ2n) is 9.03. The summed E-state index contributed by atoms with van der Waals surface area (Å²) in [4.78, 5) is 10.9. The molecule has 2 aliphatic rings. The van der Waals surface area contributed by atoms with Crippen molar-refractivity contribution in [2.75, 3.05) is 0 Å². The number of carbonyl (C=O) groups is 1. The molecule has 2 saturated carbocycles. The molecule has 4 rings (SSSR count). The van der Waals surface area contributed by atoms with E-state index in [1.807, 2.05) is 48.5 Å². The highest BCUT2D eigenvalue weighted by atomic mass is 32.2. The van der Waals surface area contributed by atoms with Crippen LogP contribution in [0.3, 0.4) is 0 Å². The van der Waals surface area contributed by atoms with Gasteiger partial charge in [-0.3, -0.25) is 4.79 Å². The number of rotatable bonds is 10. The van der Waals surface area contributed by atoms with Crippen LogP contribution in [-0.4, -0.2) is 25.5 Å². The summed E-state index contributed by atoms with van der Waals surface area (Å²) in [5, 5.41) is 8.73. The second-order valence-corrected chi connectivity index (χ2v) is 10.7. The Labute approximate surface area is 190 Å². The summed E-state index contributed by atoms with van der Waals surface area (Å²) in [6.45, 7) is 0. The van der Waals surface area contributed by atoms with Crippen LogP contribution in [-0.2, 0) is 14.8 Å². The first kappa shape index (κ1) is 22.7. The third kappa shape index (κ3) is 5.30. The predicted molar refractivity (Wildman–Crippen MR) is 126 cm³/mol. The minimum atomic E-state index is -3.59. The fraction of sp³-hybridized carbons (Fsp3) is 0.423. The third-order valence-electron chi connectivity index (χ3n) is 6.99. The van der Waals surface area contributed by atoms with Crippen molar-refractivity contribution >= 4 is 16.0 Å². The lowest BCUT2D eigenvalue weighted by Gasteiger charge is -2.31. The first-order valence-electron chi connectivity index (χ1n) is 11.5. The van der Waals surface area contributed by atoms with E-state index in [9.17, 15) is 13.2 Å². The smallest absolute Gasteiger partial charge is 0.303 e. The number of hydrogen-bond acceptors (Lipinski definition) is 3. The van der Waals surface area contributed by atoms with Crippen molar-refractivity contribution in [1.29, 1.82) is 0 Å². The van der Waals surface area contributed by atoms with E-state index in [2.05, 4.69) is 10.8 Å². The Balaban J connectivity index is 1.40. The lowest BCUT2D eigenvalue weighted by molar-refractivity contribution is -0.137. The van der Waals surface area contributed by atoms with Gasteiger partial charge in [0.25, 0.3) is 0 Å². The highest BCUT2D eigenvalue weighted by Crippen LogP contribution is 2.50. The molecule has 2 N–H and O–H groups in total. The minimum Gasteiger partial charge on any atom is -0.481 e. The molecule has 170 valence electrons. The summed E-state index contributed by atoms with van der Waals surface area (Å²) in [5.74, 6) is 0.515. The first-order chi connectivity index (χ1) is 15.4. The Morgan fingerprint density at radius 3 is 2.38 bits per heavy atom. The van der Waals surface area contributed by atoms with Gasteiger partial charge in [-0.2, -0.15) is 0 Å². The maximum Gasteiger partial charge on any atom is 0.303 e. The molecule has 2 aromatic rings. The average Bonchev–Trinajstić information content (AvgIpc) is 3.39. The van der Waals surface area contributed by atoms with E-state index in [0.29, 0.717) is 29.1 Å². The highest BCUT2D eigenvalue weighted by Gasteiger charge is 2.48. The molecule has 4 atom stereocenters. The number of aliphatic carboxylic acids is 1. The molecule has 0 spiro atoms. The van der Waals surface area contributed by atoms with Crippen molar-refractivity contribution in [3.05, 3.63) is 66.7 Å². The molecule has 0 aromatic heterocycles. The first-order valence-corrected chi connectivity index (χ1v) is 13.0. The van der Waals surface area contributed by atoms with E-state index in [1.54, 1.807) is 12.1 Å². The molecule has 1 unspecified atom stereocenters. The molecule has 2 aromatic carbocycles.